The van der Waals surface area contributed by atoms with Gasteiger partial charge in [0.2, 0.25) is 5.95 Å². The number of ether oxygens (including phenoxy) is 2. The van der Waals surface area contributed by atoms with Gasteiger partial charge in [0, 0.05) is 12.7 Å². The summed E-state index contributed by atoms with van der Waals surface area (Å²) in [6.07, 6.45) is 1.62. The molecule has 0 atom stereocenters. The number of nitrogens with one attached hydrogen (secondary N) is 2. The number of nitrogens with two attached hydrogens (primary N) is 1. The molecule has 0 spiro atoms. The van der Waals surface area contributed by atoms with Gasteiger partial charge in [0.05, 0.1) is 18.7 Å². The molecule has 21 heavy (non-hydrogen) atoms. The van der Waals surface area contributed by atoms with Gasteiger partial charge in [-0.2, -0.15) is 4.98 Å². The van der Waals surface area contributed by atoms with Gasteiger partial charge in [-0.1, -0.05) is 6.07 Å². The van der Waals surface area contributed by atoms with Crippen LogP contribution in [-0.4, -0.2) is 24.2 Å². The molecule has 0 bridgehead atoms. The Kier molecular flexibility index (Phi) is 5.18. The Bertz CT molecular complexity index is 624. The van der Waals surface area contributed by atoms with Crippen LogP contribution in [0.2, 0.25) is 0 Å². The molecule has 8 heteroatoms. The van der Waals surface area contributed by atoms with Gasteiger partial charge in [0.15, 0.2) is 11.5 Å². The third kappa shape index (κ3) is 3.73. The molecule has 0 amide bonds. The molecule has 0 fully saturated rings. The molecule has 112 valence electrons. The molecule has 1 aromatic heterocycles. The molecule has 0 saturated carbocycles. The Morgan fingerprint density at radius 3 is 2.67 bits per heavy atom. The van der Waals surface area contributed by atoms with Crippen LogP contribution in [0, 0.1) is 0 Å². The van der Waals surface area contributed by atoms with Crippen LogP contribution in [0.15, 0.2) is 28.9 Å². The van der Waals surface area contributed by atoms with E-state index in [2.05, 4.69) is 36.6 Å². The monoisotopic (exact) mass is 353 g/mol. The molecule has 7 nitrogen and oxygen atoms in total. The zero-order valence-corrected chi connectivity index (χ0v) is 13.3. The Hall–Kier alpha value is -2.06. The van der Waals surface area contributed by atoms with Crippen molar-refractivity contribution >= 4 is 27.7 Å². The molecule has 1 heterocycles. The van der Waals surface area contributed by atoms with Crippen LogP contribution in [-0.2, 0) is 6.54 Å². The first-order valence-corrected chi connectivity index (χ1v) is 6.91. The van der Waals surface area contributed by atoms with Crippen LogP contribution >= 0.6 is 15.9 Å². The van der Waals surface area contributed by atoms with Crippen molar-refractivity contribution in [2.75, 3.05) is 25.0 Å². The minimum absolute atomic E-state index is 0.341. The first-order valence-electron chi connectivity index (χ1n) is 6.12. The van der Waals surface area contributed by atoms with Crippen LogP contribution < -0.4 is 26.1 Å². The average molecular weight is 354 g/mol. The zero-order valence-electron chi connectivity index (χ0n) is 11.7. The van der Waals surface area contributed by atoms with Crippen LogP contribution in [0.3, 0.4) is 0 Å². The molecular formula is C13H16BrN5O2. The predicted molar refractivity (Wildman–Crippen MR) is 84.4 cm³/mol. The van der Waals surface area contributed by atoms with Crippen molar-refractivity contribution in [3.8, 4) is 11.5 Å². The van der Waals surface area contributed by atoms with Crippen molar-refractivity contribution in [2.45, 2.75) is 6.54 Å². The van der Waals surface area contributed by atoms with Crippen molar-refractivity contribution < 1.29 is 9.47 Å². The minimum atomic E-state index is 0.341. The second kappa shape index (κ2) is 7.09. The Morgan fingerprint density at radius 2 is 2.00 bits per heavy atom. The van der Waals surface area contributed by atoms with Crippen molar-refractivity contribution in [3.63, 3.8) is 0 Å². The topological polar surface area (TPSA) is 94.3 Å². The number of hydrazine groups is 1. The second-order valence-electron chi connectivity index (χ2n) is 4.08. The third-order valence-corrected chi connectivity index (χ3v) is 3.36. The number of methoxy groups -OCH3 is 2. The van der Waals surface area contributed by atoms with Crippen molar-refractivity contribution in [2.24, 2.45) is 5.84 Å². The van der Waals surface area contributed by atoms with Gasteiger partial charge in [0.25, 0.3) is 0 Å². The Balaban J connectivity index is 2.13. The highest BCUT2D eigenvalue weighted by Crippen LogP contribution is 2.28. The molecule has 4 N–H and O–H groups in total. The maximum Gasteiger partial charge on any atom is 0.239 e. The number of hydrogen-bond donors (Lipinski definition) is 3. The van der Waals surface area contributed by atoms with E-state index in [1.54, 1.807) is 20.4 Å². The summed E-state index contributed by atoms with van der Waals surface area (Å²) in [6.45, 7) is 0.569. The number of nitrogens with zero attached hydrogens (tertiary/aromatic N) is 2. The second-order valence-corrected chi connectivity index (χ2v) is 4.93. The summed E-state index contributed by atoms with van der Waals surface area (Å²) in [7, 11) is 3.21. The molecule has 0 aliphatic carbocycles. The summed E-state index contributed by atoms with van der Waals surface area (Å²) in [6, 6.07) is 5.71. The molecular weight excluding hydrogens is 338 g/mol. The van der Waals surface area contributed by atoms with Crippen molar-refractivity contribution in [3.05, 3.63) is 34.4 Å². The lowest BCUT2D eigenvalue weighted by molar-refractivity contribution is 0.354. The highest BCUT2D eigenvalue weighted by Gasteiger charge is 2.07. The number of anilines is 2. The fourth-order valence-corrected chi connectivity index (χ4v) is 2.07. The lowest BCUT2D eigenvalue weighted by Crippen LogP contribution is -2.12. The number of nitrogen functional groups attached to an aromatic ring is 1. The summed E-state index contributed by atoms with van der Waals surface area (Å²) in [4.78, 5) is 8.21. The SMILES string of the molecule is COc1ccc(CNc2nc(NN)ncc2Br)cc1OC. The van der Waals surface area contributed by atoms with Gasteiger partial charge < -0.3 is 14.8 Å². The lowest BCUT2D eigenvalue weighted by atomic mass is 10.2. The van der Waals surface area contributed by atoms with Gasteiger partial charge in [0.1, 0.15) is 5.82 Å². The van der Waals surface area contributed by atoms with E-state index in [0.29, 0.717) is 29.8 Å². The Labute approximate surface area is 131 Å². The van der Waals surface area contributed by atoms with E-state index in [4.69, 9.17) is 15.3 Å². The number of aromatic nitrogens is 2. The van der Waals surface area contributed by atoms with Gasteiger partial charge >= 0.3 is 0 Å². The Morgan fingerprint density at radius 1 is 1.24 bits per heavy atom. The quantitative estimate of drug-likeness (QED) is 0.541. The van der Waals surface area contributed by atoms with Crippen molar-refractivity contribution in [1.82, 2.24) is 9.97 Å². The molecule has 0 saturated heterocycles. The van der Waals surface area contributed by atoms with Crippen LogP contribution in [0.4, 0.5) is 11.8 Å². The number of halogens is 1. The predicted octanol–water partition coefficient (Wildman–Crippen LogP) is 2.15. The van der Waals surface area contributed by atoms with E-state index in [1.165, 1.54) is 0 Å². The van der Waals surface area contributed by atoms with Gasteiger partial charge in [-0.05, 0) is 33.6 Å². The van der Waals surface area contributed by atoms with Crippen LogP contribution in [0.1, 0.15) is 5.56 Å². The molecule has 2 rings (SSSR count). The molecule has 0 unspecified atom stereocenters. The van der Waals surface area contributed by atoms with E-state index in [1.807, 2.05) is 18.2 Å². The summed E-state index contributed by atoms with van der Waals surface area (Å²) in [5.41, 5.74) is 3.43. The van der Waals surface area contributed by atoms with E-state index in [-0.39, 0.29) is 0 Å². The molecule has 2 aromatic rings. The molecule has 0 aliphatic heterocycles. The summed E-state index contributed by atoms with van der Waals surface area (Å²) in [5.74, 6) is 7.66. The largest absolute Gasteiger partial charge is 0.493 e. The lowest BCUT2D eigenvalue weighted by Gasteiger charge is -2.11. The number of benzene rings is 1. The summed E-state index contributed by atoms with van der Waals surface area (Å²) < 4.78 is 11.2. The van der Waals surface area contributed by atoms with Crippen molar-refractivity contribution in [1.29, 1.82) is 0 Å². The van der Waals surface area contributed by atoms with Crippen LogP contribution in [0.25, 0.3) is 0 Å². The number of hydrogen-bond acceptors (Lipinski definition) is 7. The van der Waals surface area contributed by atoms with Gasteiger partial charge in [-0.25, -0.2) is 10.8 Å². The van der Waals surface area contributed by atoms with Gasteiger partial charge in [-0.3, -0.25) is 5.43 Å². The van der Waals surface area contributed by atoms with E-state index in [9.17, 15) is 0 Å². The molecule has 0 radical (unpaired) electrons. The van der Waals surface area contributed by atoms with Gasteiger partial charge in [-0.15, -0.1) is 0 Å². The maximum atomic E-state index is 5.30. The average Bonchev–Trinajstić information content (AvgIpc) is 2.53. The zero-order chi connectivity index (χ0) is 15.2. The molecule has 1 aromatic carbocycles. The summed E-state index contributed by atoms with van der Waals surface area (Å²) in [5, 5.41) is 3.20. The summed E-state index contributed by atoms with van der Waals surface area (Å²) >= 11 is 3.38. The maximum absolute atomic E-state index is 5.30. The first-order chi connectivity index (χ1) is 10.2. The smallest absolute Gasteiger partial charge is 0.239 e. The highest BCUT2D eigenvalue weighted by molar-refractivity contribution is 9.10. The normalized spacial score (nSPS) is 10.1. The van der Waals surface area contributed by atoms with E-state index < -0.39 is 0 Å². The standard InChI is InChI=1S/C13H16BrN5O2/c1-20-10-4-3-8(5-11(10)21-2)6-16-12-9(14)7-17-13(18-12)19-15/h3-5,7H,6,15H2,1-2H3,(H2,16,17,18,19). The fourth-order valence-electron chi connectivity index (χ4n) is 1.74. The van der Waals surface area contributed by atoms with E-state index >= 15 is 0 Å². The molecule has 0 aliphatic rings. The minimum Gasteiger partial charge on any atom is -0.493 e. The number of rotatable bonds is 6. The first kappa shape index (κ1) is 15.3. The van der Waals surface area contributed by atoms with E-state index in [0.717, 1.165) is 10.0 Å². The third-order valence-electron chi connectivity index (χ3n) is 2.78. The fraction of sp³-hybridized carbons (Fsp3) is 0.231. The highest BCUT2D eigenvalue weighted by atomic mass is 79.9. The van der Waals surface area contributed by atoms with Crippen LogP contribution in [0.5, 0.6) is 11.5 Å².